The summed E-state index contributed by atoms with van der Waals surface area (Å²) >= 11 is 0. The first-order valence-corrected chi connectivity index (χ1v) is 7.51. The molecule has 5 nitrogen and oxygen atoms in total. The fourth-order valence-electron chi connectivity index (χ4n) is 2.88. The highest BCUT2D eigenvalue weighted by Gasteiger charge is 2.25. The summed E-state index contributed by atoms with van der Waals surface area (Å²) in [7, 11) is 0. The Bertz CT molecular complexity index is 431. The van der Waals surface area contributed by atoms with Crippen LogP contribution in [-0.2, 0) is 6.61 Å². The molecule has 0 spiro atoms. The lowest BCUT2D eigenvalue weighted by molar-refractivity contribution is 0.274. The van der Waals surface area contributed by atoms with E-state index in [-0.39, 0.29) is 19.1 Å². The second kappa shape index (κ2) is 6.99. The van der Waals surface area contributed by atoms with Gasteiger partial charge in [-0.25, -0.2) is 9.97 Å². The Morgan fingerprint density at radius 2 is 2.00 bits per heavy atom. The molecule has 0 unspecified atom stereocenters. The number of hydrogen-bond donors (Lipinski definition) is 2. The average Bonchev–Trinajstić information content (AvgIpc) is 2.98. The van der Waals surface area contributed by atoms with Crippen molar-refractivity contribution in [2.24, 2.45) is 0 Å². The van der Waals surface area contributed by atoms with Crippen LogP contribution in [0.4, 0.5) is 5.69 Å². The average molecular weight is 279 g/mol. The third-order valence-electron chi connectivity index (χ3n) is 3.95. The minimum absolute atomic E-state index is 0.0910. The van der Waals surface area contributed by atoms with E-state index in [1.54, 1.807) is 0 Å². The van der Waals surface area contributed by atoms with E-state index in [0.717, 1.165) is 24.4 Å². The van der Waals surface area contributed by atoms with Gasteiger partial charge in [0.05, 0.1) is 30.8 Å². The van der Waals surface area contributed by atoms with E-state index in [9.17, 15) is 10.2 Å². The topological polar surface area (TPSA) is 69.5 Å². The first-order chi connectivity index (χ1) is 9.67. The zero-order valence-corrected chi connectivity index (χ0v) is 12.4. The summed E-state index contributed by atoms with van der Waals surface area (Å²) in [6, 6.07) is 0.431. The molecule has 1 heterocycles. The third-order valence-corrected chi connectivity index (χ3v) is 3.95. The van der Waals surface area contributed by atoms with Crippen molar-refractivity contribution in [1.82, 2.24) is 9.97 Å². The lowest BCUT2D eigenvalue weighted by Crippen LogP contribution is -2.36. The molecular formula is C15H25N3O2. The Morgan fingerprint density at radius 1 is 1.30 bits per heavy atom. The molecule has 1 fully saturated rings. The third kappa shape index (κ3) is 3.27. The Labute approximate surface area is 120 Å². The van der Waals surface area contributed by atoms with Crippen LogP contribution in [0.2, 0.25) is 0 Å². The van der Waals surface area contributed by atoms with Crippen molar-refractivity contribution in [3.8, 4) is 0 Å². The fourth-order valence-corrected chi connectivity index (χ4v) is 2.88. The number of aliphatic hydroxyl groups is 2. The van der Waals surface area contributed by atoms with Crippen LogP contribution in [-0.4, -0.2) is 39.4 Å². The van der Waals surface area contributed by atoms with Crippen molar-refractivity contribution >= 4 is 5.69 Å². The van der Waals surface area contributed by atoms with Crippen LogP contribution in [0.5, 0.6) is 0 Å². The Kier molecular flexibility index (Phi) is 5.31. The number of anilines is 1. The molecule has 0 aromatic carbocycles. The van der Waals surface area contributed by atoms with Crippen LogP contribution < -0.4 is 4.90 Å². The molecule has 2 N–H and O–H groups in total. The first-order valence-electron chi connectivity index (χ1n) is 7.51. The van der Waals surface area contributed by atoms with E-state index in [0.29, 0.717) is 18.3 Å². The second-order valence-corrected chi connectivity index (χ2v) is 5.73. The number of hydrogen-bond acceptors (Lipinski definition) is 5. The van der Waals surface area contributed by atoms with Gasteiger partial charge in [-0.1, -0.05) is 26.7 Å². The Hall–Kier alpha value is -1.20. The van der Waals surface area contributed by atoms with Crippen molar-refractivity contribution in [2.45, 2.75) is 58.1 Å². The molecule has 0 aliphatic heterocycles. The van der Waals surface area contributed by atoms with Crippen molar-refractivity contribution in [3.63, 3.8) is 0 Å². The largest absolute Gasteiger partial charge is 0.395 e. The molecule has 1 aliphatic carbocycles. The van der Waals surface area contributed by atoms with Gasteiger partial charge in [0.2, 0.25) is 0 Å². The molecule has 0 saturated heterocycles. The monoisotopic (exact) mass is 279 g/mol. The van der Waals surface area contributed by atoms with E-state index in [1.807, 2.05) is 20.0 Å². The van der Waals surface area contributed by atoms with Crippen LogP contribution in [0.15, 0.2) is 6.20 Å². The van der Waals surface area contributed by atoms with Crippen molar-refractivity contribution < 1.29 is 10.2 Å². The smallest absolute Gasteiger partial charge is 0.131 e. The SMILES string of the molecule is CC(C)c1ncc(N(CCO)C2CCCC2)c(CO)n1. The van der Waals surface area contributed by atoms with E-state index >= 15 is 0 Å². The fraction of sp³-hybridized carbons (Fsp3) is 0.733. The van der Waals surface area contributed by atoms with E-state index in [4.69, 9.17) is 0 Å². The van der Waals surface area contributed by atoms with Gasteiger partial charge < -0.3 is 15.1 Å². The van der Waals surface area contributed by atoms with Crippen molar-refractivity contribution in [1.29, 1.82) is 0 Å². The van der Waals surface area contributed by atoms with E-state index in [1.165, 1.54) is 12.8 Å². The Balaban J connectivity index is 2.31. The lowest BCUT2D eigenvalue weighted by Gasteiger charge is -2.31. The highest BCUT2D eigenvalue weighted by atomic mass is 16.3. The van der Waals surface area contributed by atoms with Crippen LogP contribution in [0.1, 0.15) is 57.0 Å². The first kappa shape index (κ1) is 15.2. The minimum atomic E-state index is -0.0910. The standard InChI is InChI=1S/C15H25N3O2/c1-11(2)15-16-9-14(13(10-20)17-15)18(7-8-19)12-5-3-4-6-12/h9,11-12,19-20H,3-8,10H2,1-2H3. The highest BCUT2D eigenvalue weighted by molar-refractivity contribution is 5.50. The summed E-state index contributed by atoms with van der Waals surface area (Å²) in [6.45, 7) is 4.67. The summed E-state index contributed by atoms with van der Waals surface area (Å²) in [5, 5.41) is 18.9. The molecule has 1 aliphatic rings. The van der Waals surface area contributed by atoms with Crippen LogP contribution in [0, 0.1) is 0 Å². The summed E-state index contributed by atoms with van der Waals surface area (Å²) < 4.78 is 0. The molecular weight excluding hydrogens is 254 g/mol. The zero-order valence-electron chi connectivity index (χ0n) is 12.4. The predicted molar refractivity (Wildman–Crippen MR) is 78.7 cm³/mol. The van der Waals surface area contributed by atoms with Crippen LogP contribution >= 0.6 is 0 Å². The molecule has 0 amide bonds. The minimum Gasteiger partial charge on any atom is -0.395 e. The molecule has 20 heavy (non-hydrogen) atoms. The van der Waals surface area contributed by atoms with Gasteiger partial charge >= 0.3 is 0 Å². The summed E-state index contributed by atoms with van der Waals surface area (Å²) in [5.74, 6) is 1.00. The molecule has 0 radical (unpaired) electrons. The number of rotatable bonds is 6. The van der Waals surface area contributed by atoms with Gasteiger partial charge in [-0.15, -0.1) is 0 Å². The van der Waals surface area contributed by atoms with Gasteiger partial charge in [0.1, 0.15) is 5.82 Å². The molecule has 112 valence electrons. The Morgan fingerprint density at radius 3 is 2.55 bits per heavy atom. The van der Waals surface area contributed by atoms with E-state index < -0.39 is 0 Å². The summed E-state index contributed by atoms with van der Waals surface area (Å²) in [5.41, 5.74) is 1.54. The van der Waals surface area contributed by atoms with Gasteiger partial charge in [-0.05, 0) is 12.8 Å². The molecule has 0 atom stereocenters. The number of aliphatic hydroxyl groups excluding tert-OH is 2. The summed E-state index contributed by atoms with van der Waals surface area (Å²) in [6.07, 6.45) is 6.54. The quantitative estimate of drug-likeness (QED) is 0.831. The van der Waals surface area contributed by atoms with Crippen molar-refractivity contribution in [2.75, 3.05) is 18.1 Å². The van der Waals surface area contributed by atoms with Crippen LogP contribution in [0.25, 0.3) is 0 Å². The number of aromatic nitrogens is 2. The predicted octanol–water partition coefficient (Wildman–Crippen LogP) is 1.83. The van der Waals surface area contributed by atoms with Gasteiger partial charge in [0.25, 0.3) is 0 Å². The molecule has 2 rings (SSSR count). The zero-order chi connectivity index (χ0) is 14.5. The lowest BCUT2D eigenvalue weighted by atomic mass is 10.1. The van der Waals surface area contributed by atoms with Crippen LogP contribution in [0.3, 0.4) is 0 Å². The molecule has 5 heteroatoms. The molecule has 1 aromatic rings. The van der Waals surface area contributed by atoms with E-state index in [2.05, 4.69) is 14.9 Å². The van der Waals surface area contributed by atoms with Gasteiger partial charge in [-0.3, -0.25) is 0 Å². The summed E-state index contributed by atoms with van der Waals surface area (Å²) in [4.78, 5) is 11.1. The van der Waals surface area contributed by atoms with Gasteiger partial charge in [0.15, 0.2) is 0 Å². The van der Waals surface area contributed by atoms with Gasteiger partial charge in [-0.2, -0.15) is 0 Å². The molecule has 1 saturated carbocycles. The molecule has 1 aromatic heterocycles. The maximum absolute atomic E-state index is 9.61. The highest BCUT2D eigenvalue weighted by Crippen LogP contribution is 2.30. The number of nitrogens with zero attached hydrogens (tertiary/aromatic N) is 3. The van der Waals surface area contributed by atoms with Crippen molar-refractivity contribution in [3.05, 3.63) is 17.7 Å². The maximum Gasteiger partial charge on any atom is 0.131 e. The molecule has 0 bridgehead atoms. The van der Waals surface area contributed by atoms with Gasteiger partial charge in [0, 0.05) is 18.5 Å². The normalized spacial score (nSPS) is 16.1. The second-order valence-electron chi connectivity index (χ2n) is 5.73. The maximum atomic E-state index is 9.61.